The predicted molar refractivity (Wildman–Crippen MR) is 215 cm³/mol. The van der Waals surface area contributed by atoms with E-state index >= 15 is 0 Å². The number of nitro groups is 2. The van der Waals surface area contributed by atoms with Crippen molar-refractivity contribution in [2.24, 2.45) is 0 Å². The number of rotatable bonds is 13. The molecule has 0 aliphatic carbocycles. The van der Waals surface area contributed by atoms with Crippen LogP contribution in [-0.4, -0.2) is 27.7 Å². The van der Waals surface area contributed by atoms with Crippen LogP contribution in [0.15, 0.2) is 121 Å². The molecule has 13 heteroatoms. The number of aryl methyl sites for hydroxylation is 1. The first-order valence-electron chi connectivity index (χ1n) is 16.6. The van der Waals surface area contributed by atoms with Crippen LogP contribution in [0.4, 0.5) is 11.4 Å². The van der Waals surface area contributed by atoms with Crippen molar-refractivity contribution in [1.82, 2.24) is 0 Å². The molecule has 2 heterocycles. The van der Waals surface area contributed by atoms with E-state index < -0.39 is 9.85 Å². The Morgan fingerprint density at radius 2 is 1.05 bits per heavy atom. The molecule has 0 saturated carbocycles. The summed E-state index contributed by atoms with van der Waals surface area (Å²) in [5.74, 6) is 1.21. The molecule has 0 N–H and O–H groups in total. The summed E-state index contributed by atoms with van der Waals surface area (Å²) in [4.78, 5) is 55.2. The molecule has 0 aliphatic heterocycles. The van der Waals surface area contributed by atoms with Crippen LogP contribution in [0.3, 0.4) is 0 Å². The summed E-state index contributed by atoms with van der Waals surface area (Å²) in [6.45, 7) is 5.47. The molecule has 0 radical (unpaired) electrons. The van der Waals surface area contributed by atoms with E-state index in [9.17, 15) is 34.6 Å². The fourth-order valence-electron chi connectivity index (χ4n) is 4.63. The summed E-state index contributed by atoms with van der Waals surface area (Å²) in [7, 11) is 0. The summed E-state index contributed by atoms with van der Waals surface area (Å²) in [6.07, 6.45) is 4.26. The smallest absolute Gasteiger partial charge is 0.288 e. The molecule has 0 bridgehead atoms. The first-order chi connectivity index (χ1) is 26.4. The third kappa shape index (κ3) is 13.1. The van der Waals surface area contributed by atoms with Crippen LogP contribution < -0.4 is 9.47 Å². The second-order valence-electron chi connectivity index (χ2n) is 11.7. The van der Waals surface area contributed by atoms with Gasteiger partial charge in [0.15, 0.2) is 11.6 Å². The highest BCUT2D eigenvalue weighted by Gasteiger charge is 2.19. The second-order valence-corrected chi connectivity index (χ2v) is 14.0. The van der Waals surface area contributed by atoms with Gasteiger partial charge in [0.2, 0.25) is 0 Å². The van der Waals surface area contributed by atoms with Gasteiger partial charge in [-0.1, -0.05) is 78.9 Å². The second kappa shape index (κ2) is 20.6. The lowest BCUT2D eigenvalue weighted by molar-refractivity contribution is -0.385. The number of thiophene rings is 2. The number of aldehydes is 1. The molecule has 6 rings (SSSR count). The fraction of sp³-hybridized carbons (Fsp3) is 0.119. The van der Waals surface area contributed by atoms with Gasteiger partial charge >= 0.3 is 0 Å². The number of carbonyl (C=O) groups is 3. The Morgan fingerprint density at radius 1 is 0.618 bits per heavy atom. The van der Waals surface area contributed by atoms with Crippen molar-refractivity contribution in [3.8, 4) is 11.5 Å². The highest BCUT2D eigenvalue weighted by molar-refractivity contribution is 7.15. The van der Waals surface area contributed by atoms with E-state index in [4.69, 9.17) is 9.47 Å². The number of benzene rings is 4. The maximum atomic E-state index is 11.5. The van der Waals surface area contributed by atoms with Crippen LogP contribution >= 0.6 is 22.7 Å². The van der Waals surface area contributed by atoms with Crippen LogP contribution in [0.2, 0.25) is 0 Å². The summed E-state index contributed by atoms with van der Waals surface area (Å²) >= 11 is 2.28. The Balaban J connectivity index is 0.000000203. The molecule has 55 heavy (non-hydrogen) atoms. The number of nitrogens with zero attached hydrogens (tertiary/aromatic N) is 2. The number of ketones is 2. The standard InChI is InChI=1S/C21H17NO4S.C14H12O2.C7H7NO3S/c1-15(23)21-13-19(22(24)25)20(27-21)12-9-16-7-10-18(11-8-16)26-14-17-5-3-2-4-6-17;15-10-12-6-8-14(9-7-12)16-11-13-4-2-1-3-5-13;1-4(9)7-3-6(8(10)11)5(2)12-7/h2-13H,14H2,1H3;1-10H,11H2;3H,1-2H3/b12-9+;;. The molecule has 0 aliphatic rings. The van der Waals surface area contributed by atoms with Gasteiger partial charge in [0, 0.05) is 17.7 Å². The number of Topliss-reactive ketones (excluding diaryl/α,β-unsaturated/α-hetero) is 2. The van der Waals surface area contributed by atoms with Crippen LogP contribution in [0.1, 0.15) is 70.0 Å². The van der Waals surface area contributed by atoms with E-state index in [1.54, 1.807) is 43.3 Å². The Kier molecular flexibility index (Phi) is 15.4. The van der Waals surface area contributed by atoms with Gasteiger partial charge in [0.05, 0.1) is 24.5 Å². The van der Waals surface area contributed by atoms with Gasteiger partial charge in [-0.15, -0.1) is 22.7 Å². The lowest BCUT2D eigenvalue weighted by Gasteiger charge is -2.06. The van der Waals surface area contributed by atoms with Crippen molar-refractivity contribution < 1.29 is 33.7 Å². The minimum atomic E-state index is -0.474. The molecule has 0 fully saturated rings. The maximum absolute atomic E-state index is 11.5. The normalized spacial score (nSPS) is 10.3. The van der Waals surface area contributed by atoms with Gasteiger partial charge in [-0.3, -0.25) is 34.6 Å². The lowest BCUT2D eigenvalue weighted by Crippen LogP contribution is -1.94. The first-order valence-corrected chi connectivity index (χ1v) is 18.3. The van der Waals surface area contributed by atoms with Gasteiger partial charge in [-0.2, -0.15) is 0 Å². The number of hydrogen-bond acceptors (Lipinski definition) is 11. The first kappa shape index (κ1) is 41.2. The molecule has 0 atom stereocenters. The minimum Gasteiger partial charge on any atom is -0.489 e. The average Bonchev–Trinajstić information content (AvgIpc) is 3.82. The Hall–Kier alpha value is -6.57. The Morgan fingerprint density at radius 3 is 1.45 bits per heavy atom. The summed E-state index contributed by atoms with van der Waals surface area (Å²) < 4.78 is 11.3. The lowest BCUT2D eigenvalue weighted by atomic mass is 10.2. The molecule has 0 unspecified atom stereocenters. The maximum Gasteiger partial charge on any atom is 0.288 e. The number of ether oxygens (including phenoxy) is 2. The molecule has 6 aromatic rings. The molecule has 11 nitrogen and oxygen atoms in total. The molecule has 280 valence electrons. The van der Waals surface area contributed by atoms with Crippen molar-refractivity contribution in [3.05, 3.63) is 183 Å². The average molecular weight is 777 g/mol. The van der Waals surface area contributed by atoms with Crippen LogP contribution in [-0.2, 0) is 13.2 Å². The van der Waals surface area contributed by atoms with Gasteiger partial charge < -0.3 is 9.47 Å². The van der Waals surface area contributed by atoms with E-state index in [0.717, 1.165) is 57.1 Å². The molecule has 0 spiro atoms. The Bertz CT molecular complexity index is 2250. The highest BCUT2D eigenvalue weighted by atomic mass is 32.1. The topological polar surface area (TPSA) is 156 Å². The molecular weight excluding hydrogens is 741 g/mol. The molecule has 0 saturated heterocycles. The quantitative estimate of drug-likeness (QED) is 0.0482. The predicted octanol–water partition coefficient (Wildman–Crippen LogP) is 10.9. The zero-order chi connectivity index (χ0) is 39.7. The SMILES string of the molecule is CC(=O)c1cc([N+](=O)[O-])c(/C=C/c2ccc(OCc3ccccc3)cc2)s1.CC(=O)c1cc([N+](=O)[O-])c(C)s1.O=Cc1ccc(OCc2ccccc2)cc1. The summed E-state index contributed by atoms with van der Waals surface area (Å²) in [6, 6.07) is 37.0. The summed E-state index contributed by atoms with van der Waals surface area (Å²) in [5, 5.41) is 21.5. The van der Waals surface area contributed by atoms with E-state index in [-0.39, 0.29) is 22.9 Å². The van der Waals surface area contributed by atoms with Gasteiger partial charge in [0.1, 0.15) is 35.9 Å². The molecule has 0 amide bonds. The van der Waals surface area contributed by atoms with Crippen LogP contribution in [0.5, 0.6) is 11.5 Å². The van der Waals surface area contributed by atoms with Crippen LogP contribution in [0, 0.1) is 27.2 Å². The van der Waals surface area contributed by atoms with Gasteiger partial charge in [0.25, 0.3) is 11.4 Å². The van der Waals surface area contributed by atoms with Crippen molar-refractivity contribution in [2.75, 3.05) is 0 Å². The van der Waals surface area contributed by atoms with E-state index in [1.165, 1.54) is 26.0 Å². The van der Waals surface area contributed by atoms with Crippen molar-refractivity contribution in [3.63, 3.8) is 0 Å². The van der Waals surface area contributed by atoms with Gasteiger partial charge in [-0.25, -0.2) is 0 Å². The number of carbonyl (C=O) groups excluding carboxylic acids is 3. The zero-order valence-electron chi connectivity index (χ0n) is 30.1. The van der Waals surface area contributed by atoms with E-state index in [2.05, 4.69) is 0 Å². The monoisotopic (exact) mass is 776 g/mol. The van der Waals surface area contributed by atoms with E-state index in [0.29, 0.717) is 38.3 Å². The van der Waals surface area contributed by atoms with E-state index in [1.807, 2.05) is 84.9 Å². The molecular formula is C42H36N2O9S2. The van der Waals surface area contributed by atoms with Crippen LogP contribution in [0.25, 0.3) is 12.2 Å². The molecule has 4 aromatic carbocycles. The third-order valence-corrected chi connectivity index (χ3v) is 9.87. The molecule has 2 aromatic heterocycles. The fourth-order valence-corrected chi connectivity index (χ4v) is 6.44. The highest BCUT2D eigenvalue weighted by Crippen LogP contribution is 2.31. The van der Waals surface area contributed by atoms with Crippen molar-refractivity contribution in [2.45, 2.75) is 34.0 Å². The number of hydrogen-bond donors (Lipinski definition) is 0. The minimum absolute atomic E-state index is 0.0326. The van der Waals surface area contributed by atoms with Crippen molar-refractivity contribution >= 4 is 64.1 Å². The largest absolute Gasteiger partial charge is 0.489 e. The Labute approximate surface area is 325 Å². The summed E-state index contributed by atoms with van der Waals surface area (Å²) in [5.41, 5.74) is 3.74. The zero-order valence-corrected chi connectivity index (χ0v) is 31.7. The van der Waals surface area contributed by atoms with Crippen molar-refractivity contribution in [1.29, 1.82) is 0 Å². The van der Waals surface area contributed by atoms with Gasteiger partial charge in [-0.05, 0) is 79.9 Å². The third-order valence-electron chi connectivity index (χ3n) is 7.54.